The molecule has 9 aromatic carbocycles. The highest BCUT2D eigenvalue weighted by molar-refractivity contribution is 6.21. The Balaban J connectivity index is 1.12. The van der Waals surface area contributed by atoms with Crippen LogP contribution in [0.15, 0.2) is 194 Å². The minimum Gasteiger partial charge on any atom is -0.0653 e. The first kappa shape index (κ1) is 35.0. The molecular weight excluding hydrogens is 685 g/mol. The van der Waals surface area contributed by atoms with Crippen LogP contribution in [0.2, 0.25) is 0 Å². The van der Waals surface area contributed by atoms with Crippen LogP contribution in [-0.4, -0.2) is 0 Å². The van der Waals surface area contributed by atoms with E-state index in [2.05, 4.69) is 208 Å². The summed E-state index contributed by atoms with van der Waals surface area (Å²) in [5.74, 6) is 0. The van der Waals surface area contributed by atoms with Gasteiger partial charge in [-0.2, -0.15) is 0 Å². The fourth-order valence-electron chi connectivity index (χ4n) is 10.1. The predicted octanol–water partition coefficient (Wildman–Crippen LogP) is 16.2. The second-order valence-corrected chi connectivity index (χ2v) is 15.8. The zero-order chi connectivity index (χ0) is 38.3. The summed E-state index contributed by atoms with van der Waals surface area (Å²) in [4.78, 5) is 0. The number of hydrogen-bond acceptors (Lipinski definition) is 0. The van der Waals surface area contributed by atoms with Gasteiger partial charge in [0.05, 0.1) is 0 Å². The van der Waals surface area contributed by atoms with Crippen molar-refractivity contribution >= 4 is 21.5 Å². The first-order valence-electron chi connectivity index (χ1n) is 20.7. The average molecular weight is 731 g/mol. The SMILES string of the molecule is CCCC1(CCC)c2ccccc2-c2ccc(-c3c4ccccc4c(-c4ccc(-c5cc(-c6ccccc6)cc(-c6ccccc6)c5)cc4)c4ccccc34)cc21. The van der Waals surface area contributed by atoms with Crippen LogP contribution in [0.5, 0.6) is 0 Å². The molecule has 1 aliphatic carbocycles. The van der Waals surface area contributed by atoms with Gasteiger partial charge in [0.1, 0.15) is 0 Å². The third-order valence-electron chi connectivity index (χ3n) is 12.5. The molecule has 0 fully saturated rings. The average Bonchev–Trinajstić information content (AvgIpc) is 3.54. The lowest BCUT2D eigenvalue weighted by Gasteiger charge is -2.32. The summed E-state index contributed by atoms with van der Waals surface area (Å²) in [6.07, 6.45) is 4.64. The molecule has 9 aromatic rings. The molecule has 0 radical (unpaired) electrons. The largest absolute Gasteiger partial charge is 0.0653 e. The van der Waals surface area contributed by atoms with Crippen LogP contribution in [0.25, 0.3) is 88.3 Å². The smallest absolute Gasteiger partial charge is 0.0215 e. The van der Waals surface area contributed by atoms with Crippen molar-refractivity contribution in [3.63, 3.8) is 0 Å². The molecule has 0 spiro atoms. The molecular formula is C57H46. The van der Waals surface area contributed by atoms with Crippen molar-refractivity contribution < 1.29 is 0 Å². The van der Waals surface area contributed by atoms with E-state index >= 15 is 0 Å². The zero-order valence-corrected chi connectivity index (χ0v) is 32.8. The molecule has 0 bridgehead atoms. The molecule has 0 nitrogen and oxygen atoms in total. The van der Waals surface area contributed by atoms with Gasteiger partial charge in [-0.15, -0.1) is 0 Å². The Morgan fingerprint density at radius 2 is 0.684 bits per heavy atom. The van der Waals surface area contributed by atoms with Gasteiger partial charge >= 0.3 is 0 Å². The number of hydrogen-bond donors (Lipinski definition) is 0. The van der Waals surface area contributed by atoms with Gasteiger partial charge < -0.3 is 0 Å². The maximum Gasteiger partial charge on any atom is 0.0215 e. The molecule has 0 amide bonds. The number of fused-ring (bicyclic) bond motifs is 5. The number of benzene rings is 9. The van der Waals surface area contributed by atoms with E-state index in [1.54, 1.807) is 0 Å². The first-order valence-corrected chi connectivity index (χ1v) is 20.7. The summed E-state index contributed by atoms with van der Waals surface area (Å²) in [5.41, 5.74) is 18.4. The Hall–Kier alpha value is -6.50. The molecule has 0 heterocycles. The van der Waals surface area contributed by atoms with Gasteiger partial charge in [-0.25, -0.2) is 0 Å². The van der Waals surface area contributed by atoms with E-state index in [1.165, 1.54) is 99.4 Å². The molecule has 0 saturated carbocycles. The molecule has 0 heteroatoms. The summed E-state index contributed by atoms with van der Waals surface area (Å²) < 4.78 is 0. The van der Waals surface area contributed by atoms with E-state index in [0.29, 0.717) is 0 Å². The molecule has 0 N–H and O–H groups in total. The second kappa shape index (κ2) is 14.5. The highest BCUT2D eigenvalue weighted by Crippen LogP contribution is 2.55. The molecule has 57 heavy (non-hydrogen) atoms. The molecule has 274 valence electrons. The lowest BCUT2D eigenvalue weighted by atomic mass is 9.71. The van der Waals surface area contributed by atoms with Crippen LogP contribution < -0.4 is 0 Å². The fraction of sp³-hybridized carbons (Fsp3) is 0.123. The minimum absolute atomic E-state index is 0.0429. The van der Waals surface area contributed by atoms with Crippen molar-refractivity contribution in [1.82, 2.24) is 0 Å². The van der Waals surface area contributed by atoms with Crippen LogP contribution in [0.3, 0.4) is 0 Å². The van der Waals surface area contributed by atoms with E-state index < -0.39 is 0 Å². The molecule has 0 unspecified atom stereocenters. The van der Waals surface area contributed by atoms with Gasteiger partial charge in [0.15, 0.2) is 0 Å². The molecule has 10 rings (SSSR count). The third kappa shape index (κ3) is 5.91. The van der Waals surface area contributed by atoms with Gasteiger partial charge in [0.2, 0.25) is 0 Å². The van der Waals surface area contributed by atoms with Gasteiger partial charge in [0.25, 0.3) is 0 Å². The quantitative estimate of drug-likeness (QED) is 0.130. The van der Waals surface area contributed by atoms with Crippen molar-refractivity contribution in [2.75, 3.05) is 0 Å². The van der Waals surface area contributed by atoms with Crippen molar-refractivity contribution in [2.24, 2.45) is 0 Å². The van der Waals surface area contributed by atoms with Crippen LogP contribution in [0.1, 0.15) is 50.7 Å². The van der Waals surface area contributed by atoms with E-state index in [-0.39, 0.29) is 5.41 Å². The van der Waals surface area contributed by atoms with Crippen LogP contribution in [0.4, 0.5) is 0 Å². The highest BCUT2D eigenvalue weighted by Gasteiger charge is 2.41. The molecule has 0 atom stereocenters. The van der Waals surface area contributed by atoms with E-state index in [4.69, 9.17) is 0 Å². The Kier molecular flexibility index (Phi) is 8.91. The maximum absolute atomic E-state index is 2.57. The lowest BCUT2D eigenvalue weighted by molar-refractivity contribution is 0.436. The molecule has 0 aliphatic heterocycles. The third-order valence-corrected chi connectivity index (χ3v) is 12.5. The highest BCUT2D eigenvalue weighted by atomic mass is 14.4. The Bertz CT molecular complexity index is 2780. The summed E-state index contributed by atoms with van der Waals surface area (Å²) in [5, 5.41) is 5.16. The predicted molar refractivity (Wildman–Crippen MR) is 245 cm³/mol. The number of rotatable bonds is 9. The van der Waals surface area contributed by atoms with Crippen LogP contribution >= 0.6 is 0 Å². The molecule has 0 aromatic heterocycles. The van der Waals surface area contributed by atoms with E-state index in [0.717, 1.165) is 25.7 Å². The molecule has 1 aliphatic rings. The normalized spacial score (nSPS) is 12.8. The fourth-order valence-corrected chi connectivity index (χ4v) is 10.1. The second-order valence-electron chi connectivity index (χ2n) is 15.8. The summed E-state index contributed by atoms with van der Waals surface area (Å²) in [7, 11) is 0. The van der Waals surface area contributed by atoms with E-state index in [1.807, 2.05) is 0 Å². The van der Waals surface area contributed by atoms with Crippen molar-refractivity contribution in [1.29, 1.82) is 0 Å². The van der Waals surface area contributed by atoms with Gasteiger partial charge in [0, 0.05) is 5.41 Å². The monoisotopic (exact) mass is 730 g/mol. The van der Waals surface area contributed by atoms with Crippen molar-refractivity contribution in [2.45, 2.75) is 44.9 Å². The Morgan fingerprint density at radius 1 is 0.298 bits per heavy atom. The minimum atomic E-state index is 0.0429. The standard InChI is InChI=1S/C57H46/c1-3-33-57(34-4-2)53-26-16-15-21-47(53)48-32-31-43(38-54(48)57)56-51-24-13-11-22-49(51)55(50-23-12-14-25-52(50)56)42-29-27-41(28-30-42)46-36-44(39-17-7-5-8-18-39)35-45(37-46)40-19-9-6-10-20-40/h5-32,35-38H,3-4,33-34H2,1-2H3. The van der Waals surface area contributed by atoms with Crippen molar-refractivity contribution in [3.05, 3.63) is 205 Å². The van der Waals surface area contributed by atoms with Crippen molar-refractivity contribution in [3.8, 4) is 66.8 Å². The van der Waals surface area contributed by atoms with Gasteiger partial charge in [-0.05, 0) is 137 Å². The maximum atomic E-state index is 2.57. The topological polar surface area (TPSA) is 0 Å². The zero-order valence-electron chi connectivity index (χ0n) is 32.8. The summed E-state index contributed by atoms with van der Waals surface area (Å²) >= 11 is 0. The van der Waals surface area contributed by atoms with Crippen LogP contribution in [0, 0.1) is 0 Å². The van der Waals surface area contributed by atoms with Crippen LogP contribution in [-0.2, 0) is 5.41 Å². The lowest BCUT2D eigenvalue weighted by Crippen LogP contribution is -2.25. The molecule has 0 saturated heterocycles. The first-order chi connectivity index (χ1) is 28.2. The summed E-state index contributed by atoms with van der Waals surface area (Å²) in [6, 6.07) is 72.4. The summed E-state index contributed by atoms with van der Waals surface area (Å²) in [6.45, 7) is 4.69. The Morgan fingerprint density at radius 3 is 1.19 bits per heavy atom. The Labute approximate surface area is 337 Å². The van der Waals surface area contributed by atoms with Gasteiger partial charge in [-0.3, -0.25) is 0 Å². The van der Waals surface area contributed by atoms with E-state index in [9.17, 15) is 0 Å². The van der Waals surface area contributed by atoms with Gasteiger partial charge in [-0.1, -0.05) is 197 Å².